The maximum absolute atomic E-state index is 12.0. The summed E-state index contributed by atoms with van der Waals surface area (Å²) in [4.78, 5) is 0. The van der Waals surface area contributed by atoms with Crippen LogP contribution in [0.4, 0.5) is 0 Å². The molecule has 2 rings (SSSR count). The van der Waals surface area contributed by atoms with Crippen LogP contribution in [0.3, 0.4) is 0 Å². The highest BCUT2D eigenvalue weighted by Crippen LogP contribution is 2.56. The standard InChI is InChI=1S/C13H25NO2S/c1-4-12(5-2)8-13(9-12,17(3,15)16)10-14-11-6-7-11/h11,14H,4-10H2,1-3H3. The van der Waals surface area contributed by atoms with Gasteiger partial charge in [-0.3, -0.25) is 0 Å². The van der Waals surface area contributed by atoms with Gasteiger partial charge in [-0.25, -0.2) is 8.42 Å². The maximum Gasteiger partial charge on any atom is 0.154 e. The van der Waals surface area contributed by atoms with Crippen LogP contribution in [0.25, 0.3) is 0 Å². The van der Waals surface area contributed by atoms with Crippen LogP contribution in [0.2, 0.25) is 0 Å². The van der Waals surface area contributed by atoms with E-state index in [1.54, 1.807) is 0 Å². The summed E-state index contributed by atoms with van der Waals surface area (Å²) in [5.41, 5.74) is 0.286. The Morgan fingerprint density at radius 1 is 1.18 bits per heavy atom. The summed E-state index contributed by atoms with van der Waals surface area (Å²) < 4.78 is 23.6. The highest BCUT2D eigenvalue weighted by Gasteiger charge is 2.58. The Balaban J connectivity index is 2.06. The van der Waals surface area contributed by atoms with Crippen molar-refractivity contribution in [3.63, 3.8) is 0 Å². The van der Waals surface area contributed by atoms with Crippen LogP contribution in [0.1, 0.15) is 52.4 Å². The molecule has 0 aromatic carbocycles. The van der Waals surface area contributed by atoms with Crippen LogP contribution in [0.15, 0.2) is 0 Å². The molecule has 0 amide bonds. The van der Waals surface area contributed by atoms with Crippen molar-refractivity contribution in [3.05, 3.63) is 0 Å². The fourth-order valence-corrected chi connectivity index (χ4v) is 4.68. The summed E-state index contributed by atoms with van der Waals surface area (Å²) in [5.74, 6) is 0. The molecule has 1 N–H and O–H groups in total. The first-order valence-electron chi connectivity index (χ1n) is 6.79. The molecule has 0 aromatic heterocycles. The molecule has 2 aliphatic rings. The van der Waals surface area contributed by atoms with Gasteiger partial charge in [-0.2, -0.15) is 0 Å². The molecule has 0 radical (unpaired) electrons. The van der Waals surface area contributed by atoms with E-state index >= 15 is 0 Å². The van der Waals surface area contributed by atoms with Gasteiger partial charge in [0, 0.05) is 18.8 Å². The fourth-order valence-electron chi connectivity index (χ4n) is 3.20. The van der Waals surface area contributed by atoms with Crippen molar-refractivity contribution in [1.82, 2.24) is 5.32 Å². The summed E-state index contributed by atoms with van der Waals surface area (Å²) in [6, 6.07) is 0.590. The second-order valence-electron chi connectivity index (χ2n) is 6.17. The molecular formula is C13H25NO2S. The normalized spacial score (nSPS) is 26.5. The number of rotatable bonds is 6. The molecule has 0 atom stereocenters. The second kappa shape index (κ2) is 4.23. The SMILES string of the molecule is CCC1(CC)CC(CNC2CC2)(S(C)(=O)=O)C1. The quantitative estimate of drug-likeness (QED) is 0.795. The molecule has 0 unspecified atom stereocenters. The molecule has 100 valence electrons. The van der Waals surface area contributed by atoms with E-state index in [1.165, 1.54) is 19.1 Å². The van der Waals surface area contributed by atoms with E-state index in [1.807, 2.05) is 0 Å². The molecule has 3 nitrogen and oxygen atoms in total. The zero-order valence-corrected chi connectivity index (χ0v) is 12.1. The van der Waals surface area contributed by atoms with Crippen molar-refractivity contribution in [3.8, 4) is 0 Å². The summed E-state index contributed by atoms with van der Waals surface area (Å²) >= 11 is 0. The summed E-state index contributed by atoms with van der Waals surface area (Å²) in [7, 11) is -2.95. The van der Waals surface area contributed by atoms with Crippen LogP contribution >= 0.6 is 0 Å². The lowest BCUT2D eigenvalue weighted by molar-refractivity contribution is 0.0641. The van der Waals surface area contributed by atoms with E-state index in [9.17, 15) is 8.42 Å². The Morgan fingerprint density at radius 3 is 2.06 bits per heavy atom. The van der Waals surface area contributed by atoms with Gasteiger partial charge in [0.25, 0.3) is 0 Å². The minimum atomic E-state index is -2.95. The van der Waals surface area contributed by atoms with Gasteiger partial charge in [0.15, 0.2) is 9.84 Å². The molecule has 2 aliphatic carbocycles. The highest BCUT2D eigenvalue weighted by atomic mass is 32.2. The average Bonchev–Trinajstić information content (AvgIpc) is 2.99. The zero-order chi connectivity index (χ0) is 12.7. The first kappa shape index (κ1) is 13.3. The van der Waals surface area contributed by atoms with E-state index in [4.69, 9.17) is 0 Å². The molecule has 0 aromatic rings. The highest BCUT2D eigenvalue weighted by molar-refractivity contribution is 7.92. The lowest BCUT2D eigenvalue weighted by Crippen LogP contribution is -2.61. The van der Waals surface area contributed by atoms with Gasteiger partial charge in [-0.05, 0) is 31.1 Å². The third kappa shape index (κ3) is 2.39. The second-order valence-corrected chi connectivity index (χ2v) is 8.58. The molecule has 4 heteroatoms. The average molecular weight is 259 g/mol. The Labute approximate surface area is 105 Å². The summed E-state index contributed by atoms with van der Waals surface area (Å²) in [5, 5.41) is 3.41. The lowest BCUT2D eigenvalue weighted by Gasteiger charge is -2.55. The molecule has 0 aliphatic heterocycles. The van der Waals surface area contributed by atoms with Gasteiger partial charge in [0.2, 0.25) is 0 Å². The third-order valence-corrected chi connectivity index (χ3v) is 6.98. The van der Waals surface area contributed by atoms with E-state index in [2.05, 4.69) is 19.2 Å². The Kier molecular flexibility index (Phi) is 3.32. The van der Waals surface area contributed by atoms with Crippen LogP contribution in [-0.4, -0.2) is 32.0 Å². The molecular weight excluding hydrogens is 234 g/mol. The fraction of sp³-hybridized carbons (Fsp3) is 1.00. The minimum Gasteiger partial charge on any atom is -0.312 e. The first-order valence-corrected chi connectivity index (χ1v) is 8.68. The maximum atomic E-state index is 12.0. The largest absolute Gasteiger partial charge is 0.312 e. The molecule has 0 bridgehead atoms. The van der Waals surface area contributed by atoms with Crippen LogP contribution < -0.4 is 5.32 Å². The predicted molar refractivity (Wildman–Crippen MR) is 70.8 cm³/mol. The minimum absolute atomic E-state index is 0.286. The summed E-state index contributed by atoms with van der Waals surface area (Å²) in [6.45, 7) is 5.03. The van der Waals surface area contributed by atoms with E-state index in [-0.39, 0.29) is 5.41 Å². The van der Waals surface area contributed by atoms with Gasteiger partial charge >= 0.3 is 0 Å². The predicted octanol–water partition coefficient (Wildman–Crippen LogP) is 2.12. The van der Waals surface area contributed by atoms with Crippen molar-refractivity contribution in [2.24, 2.45) is 5.41 Å². The first-order chi connectivity index (χ1) is 7.86. The van der Waals surface area contributed by atoms with Crippen molar-refractivity contribution < 1.29 is 8.42 Å². The summed E-state index contributed by atoms with van der Waals surface area (Å²) in [6.07, 6.45) is 7.75. The monoisotopic (exact) mass is 259 g/mol. The van der Waals surface area contributed by atoms with Crippen molar-refractivity contribution in [2.75, 3.05) is 12.8 Å². The number of nitrogens with one attached hydrogen (secondary N) is 1. The molecule has 2 saturated carbocycles. The molecule has 17 heavy (non-hydrogen) atoms. The molecule has 2 fully saturated rings. The van der Waals surface area contributed by atoms with Crippen LogP contribution in [-0.2, 0) is 9.84 Å². The van der Waals surface area contributed by atoms with Crippen molar-refractivity contribution in [2.45, 2.75) is 63.2 Å². The number of hydrogen-bond acceptors (Lipinski definition) is 3. The molecule has 0 saturated heterocycles. The topological polar surface area (TPSA) is 46.2 Å². The number of hydrogen-bond donors (Lipinski definition) is 1. The van der Waals surface area contributed by atoms with E-state index in [0.29, 0.717) is 12.6 Å². The molecule has 0 spiro atoms. The third-order valence-electron chi connectivity index (χ3n) is 4.97. The van der Waals surface area contributed by atoms with E-state index < -0.39 is 14.6 Å². The van der Waals surface area contributed by atoms with Crippen molar-refractivity contribution in [1.29, 1.82) is 0 Å². The molecule has 0 heterocycles. The Bertz CT molecular complexity index is 372. The van der Waals surface area contributed by atoms with Gasteiger partial charge in [0.1, 0.15) is 0 Å². The zero-order valence-electron chi connectivity index (χ0n) is 11.3. The van der Waals surface area contributed by atoms with Gasteiger partial charge in [-0.1, -0.05) is 26.7 Å². The van der Waals surface area contributed by atoms with Crippen molar-refractivity contribution >= 4 is 9.84 Å². The van der Waals surface area contributed by atoms with Crippen LogP contribution in [0.5, 0.6) is 0 Å². The van der Waals surface area contributed by atoms with Gasteiger partial charge < -0.3 is 5.32 Å². The lowest BCUT2D eigenvalue weighted by atomic mass is 9.58. The van der Waals surface area contributed by atoms with E-state index in [0.717, 1.165) is 25.7 Å². The number of sulfone groups is 1. The smallest absolute Gasteiger partial charge is 0.154 e. The Hall–Kier alpha value is -0.0900. The van der Waals surface area contributed by atoms with Gasteiger partial charge in [0.05, 0.1) is 4.75 Å². The van der Waals surface area contributed by atoms with Gasteiger partial charge in [-0.15, -0.1) is 0 Å². The van der Waals surface area contributed by atoms with Crippen LogP contribution in [0, 0.1) is 5.41 Å². The Morgan fingerprint density at radius 2 is 1.71 bits per heavy atom.